The predicted octanol–water partition coefficient (Wildman–Crippen LogP) is -1.50. The molecule has 2 heterocycles. The van der Waals surface area contributed by atoms with Crippen LogP contribution in [-0.4, -0.2) is 82.6 Å². The fraction of sp³-hybridized carbons (Fsp3) is 0.696. The number of hydrogen-bond donors (Lipinski definition) is 8. The van der Waals surface area contributed by atoms with Crippen molar-refractivity contribution in [1.29, 1.82) is 0 Å². The van der Waals surface area contributed by atoms with E-state index < -0.39 is 35.9 Å². The van der Waals surface area contributed by atoms with Gasteiger partial charge in [0.25, 0.3) is 0 Å². The Bertz CT molecular complexity index is 828. The van der Waals surface area contributed by atoms with Gasteiger partial charge < -0.3 is 42.8 Å². The monoisotopic (exact) mass is 508 g/mol. The Morgan fingerprint density at radius 3 is 2.08 bits per heavy atom. The van der Waals surface area contributed by atoms with Gasteiger partial charge >= 0.3 is 5.97 Å². The molecule has 0 radical (unpaired) electrons. The van der Waals surface area contributed by atoms with E-state index in [4.69, 9.17) is 11.5 Å². The van der Waals surface area contributed by atoms with Gasteiger partial charge in [0.1, 0.15) is 18.1 Å². The van der Waals surface area contributed by atoms with Gasteiger partial charge in [0, 0.05) is 18.3 Å². The molecule has 13 heteroatoms. The van der Waals surface area contributed by atoms with E-state index in [2.05, 4.69) is 31.2 Å². The van der Waals surface area contributed by atoms with E-state index >= 15 is 0 Å². The van der Waals surface area contributed by atoms with Crippen molar-refractivity contribution >= 4 is 23.7 Å². The third-order valence-electron chi connectivity index (χ3n) is 6.13. The summed E-state index contributed by atoms with van der Waals surface area (Å²) in [5.74, 6) is -2.57. The Morgan fingerprint density at radius 1 is 0.972 bits per heavy atom. The van der Waals surface area contributed by atoms with Gasteiger partial charge in [0.2, 0.25) is 17.7 Å². The molecule has 1 aliphatic heterocycles. The van der Waals surface area contributed by atoms with Crippen molar-refractivity contribution in [1.82, 2.24) is 31.2 Å². The first-order chi connectivity index (χ1) is 17.3. The van der Waals surface area contributed by atoms with E-state index in [-0.39, 0.29) is 24.8 Å². The van der Waals surface area contributed by atoms with E-state index in [0.717, 1.165) is 13.0 Å². The van der Waals surface area contributed by atoms with Crippen molar-refractivity contribution in [2.24, 2.45) is 11.5 Å². The first kappa shape index (κ1) is 29.2. The lowest BCUT2D eigenvalue weighted by molar-refractivity contribution is -0.142. The highest BCUT2D eigenvalue weighted by Gasteiger charge is 2.31. The summed E-state index contributed by atoms with van der Waals surface area (Å²) in [7, 11) is 0. The number of carbonyl (C=O) groups excluding carboxylic acids is 3. The number of unbranched alkanes of at least 4 members (excludes halogenated alkanes) is 2. The molecule has 0 aromatic carbocycles. The van der Waals surface area contributed by atoms with Gasteiger partial charge in [0.15, 0.2) is 0 Å². The maximum Gasteiger partial charge on any atom is 0.326 e. The first-order valence-corrected chi connectivity index (χ1v) is 12.6. The molecule has 0 saturated carbocycles. The molecule has 1 fully saturated rings. The van der Waals surface area contributed by atoms with Gasteiger partial charge in [-0.05, 0) is 71.0 Å². The quantitative estimate of drug-likeness (QED) is 0.115. The number of nitrogens with one attached hydrogen (secondary N) is 5. The summed E-state index contributed by atoms with van der Waals surface area (Å²) >= 11 is 0. The molecule has 3 amide bonds. The van der Waals surface area contributed by atoms with E-state index in [0.29, 0.717) is 57.3 Å². The Labute approximate surface area is 210 Å². The summed E-state index contributed by atoms with van der Waals surface area (Å²) in [6.07, 6.45) is 7.66. The minimum atomic E-state index is -1.21. The average Bonchev–Trinajstić information content (AvgIpc) is 3.57. The fourth-order valence-electron chi connectivity index (χ4n) is 4.06. The van der Waals surface area contributed by atoms with Crippen LogP contribution in [0.15, 0.2) is 12.5 Å². The largest absolute Gasteiger partial charge is 0.480 e. The third kappa shape index (κ3) is 9.91. The second-order valence-electron chi connectivity index (χ2n) is 9.02. The second-order valence-corrected chi connectivity index (χ2v) is 9.02. The van der Waals surface area contributed by atoms with E-state index in [1.54, 1.807) is 0 Å². The third-order valence-corrected chi connectivity index (χ3v) is 6.13. The molecule has 0 spiro atoms. The highest BCUT2D eigenvalue weighted by Crippen LogP contribution is 2.09. The maximum absolute atomic E-state index is 13.2. The molecule has 13 nitrogen and oxygen atoms in total. The summed E-state index contributed by atoms with van der Waals surface area (Å²) in [6.45, 7) is 1.63. The minimum absolute atomic E-state index is 0.0106. The molecule has 202 valence electrons. The summed E-state index contributed by atoms with van der Waals surface area (Å²) < 4.78 is 0. The molecule has 1 aromatic rings. The van der Waals surface area contributed by atoms with Crippen molar-refractivity contribution in [3.63, 3.8) is 0 Å². The van der Waals surface area contributed by atoms with Crippen molar-refractivity contribution in [2.75, 3.05) is 19.6 Å². The smallest absolute Gasteiger partial charge is 0.326 e. The van der Waals surface area contributed by atoms with Crippen molar-refractivity contribution in [3.05, 3.63) is 18.2 Å². The number of aliphatic carboxylic acids is 1. The number of carbonyl (C=O) groups is 4. The molecule has 4 atom stereocenters. The number of hydrogen-bond acceptors (Lipinski definition) is 8. The Balaban J connectivity index is 2.08. The topological polar surface area (TPSA) is 217 Å². The highest BCUT2D eigenvalue weighted by molar-refractivity contribution is 5.94. The SMILES string of the molecule is NCCCCC(NC(=O)C(CCCCN)NC(=O)C1CCCN1)C(=O)NC(Cc1cnc[nH]1)C(=O)O. The minimum Gasteiger partial charge on any atom is -0.480 e. The second kappa shape index (κ2) is 15.9. The van der Waals surface area contributed by atoms with Gasteiger partial charge in [-0.1, -0.05) is 0 Å². The molecule has 1 aliphatic rings. The molecule has 10 N–H and O–H groups in total. The molecule has 1 aromatic heterocycles. The van der Waals surface area contributed by atoms with Crippen LogP contribution in [0.5, 0.6) is 0 Å². The summed E-state index contributed by atoms with van der Waals surface area (Å²) in [5.41, 5.74) is 11.7. The average molecular weight is 509 g/mol. The number of imidazole rings is 1. The van der Waals surface area contributed by atoms with Gasteiger partial charge in [-0.3, -0.25) is 14.4 Å². The van der Waals surface area contributed by atoms with Crippen LogP contribution in [-0.2, 0) is 25.6 Å². The molecule has 4 unspecified atom stereocenters. The Hall–Kier alpha value is -3.03. The molecular weight excluding hydrogens is 468 g/mol. The number of nitrogens with two attached hydrogens (primary N) is 2. The number of carboxylic acid groups (broad SMARTS) is 1. The van der Waals surface area contributed by atoms with Crippen LogP contribution in [0.3, 0.4) is 0 Å². The number of aromatic amines is 1. The lowest BCUT2D eigenvalue weighted by Gasteiger charge is -2.25. The molecular formula is C23H40N8O5. The van der Waals surface area contributed by atoms with Crippen molar-refractivity contribution in [2.45, 2.75) is 82.0 Å². The van der Waals surface area contributed by atoms with Crippen LogP contribution < -0.4 is 32.7 Å². The van der Waals surface area contributed by atoms with Gasteiger partial charge in [0.05, 0.1) is 12.4 Å². The summed E-state index contributed by atoms with van der Waals surface area (Å²) in [5, 5.41) is 20.8. The Morgan fingerprint density at radius 2 is 1.58 bits per heavy atom. The summed E-state index contributed by atoms with van der Waals surface area (Å²) in [4.78, 5) is 57.4. The number of aromatic nitrogens is 2. The van der Waals surface area contributed by atoms with Gasteiger partial charge in [-0.2, -0.15) is 0 Å². The number of H-pyrrole nitrogens is 1. The predicted molar refractivity (Wildman–Crippen MR) is 133 cm³/mol. The molecule has 1 saturated heterocycles. The van der Waals surface area contributed by atoms with E-state index in [1.165, 1.54) is 12.5 Å². The molecule has 2 rings (SSSR count). The molecule has 36 heavy (non-hydrogen) atoms. The molecule has 0 bridgehead atoms. The lowest BCUT2D eigenvalue weighted by Crippen LogP contribution is -2.57. The highest BCUT2D eigenvalue weighted by atomic mass is 16.4. The zero-order valence-corrected chi connectivity index (χ0v) is 20.6. The fourth-order valence-corrected chi connectivity index (χ4v) is 4.06. The normalized spacial score (nSPS) is 17.7. The lowest BCUT2D eigenvalue weighted by atomic mass is 10.0. The summed E-state index contributed by atoms with van der Waals surface area (Å²) in [6, 6.07) is -3.37. The maximum atomic E-state index is 13.2. The van der Waals surface area contributed by atoms with Crippen LogP contribution in [0.4, 0.5) is 0 Å². The van der Waals surface area contributed by atoms with Crippen LogP contribution in [0.2, 0.25) is 0 Å². The zero-order valence-electron chi connectivity index (χ0n) is 20.6. The first-order valence-electron chi connectivity index (χ1n) is 12.6. The number of rotatable bonds is 17. The van der Waals surface area contributed by atoms with Gasteiger partial charge in [-0.25, -0.2) is 9.78 Å². The van der Waals surface area contributed by atoms with Crippen molar-refractivity contribution < 1.29 is 24.3 Å². The van der Waals surface area contributed by atoms with Crippen molar-refractivity contribution in [3.8, 4) is 0 Å². The van der Waals surface area contributed by atoms with Crippen LogP contribution in [0.25, 0.3) is 0 Å². The van der Waals surface area contributed by atoms with Crippen LogP contribution in [0.1, 0.15) is 57.1 Å². The number of carboxylic acids is 1. The van der Waals surface area contributed by atoms with E-state index in [1.807, 2.05) is 0 Å². The number of nitrogens with zero attached hydrogens (tertiary/aromatic N) is 1. The van der Waals surface area contributed by atoms with Gasteiger partial charge in [-0.15, -0.1) is 0 Å². The Kier molecular flexibility index (Phi) is 12.9. The zero-order chi connectivity index (χ0) is 26.3. The van der Waals surface area contributed by atoms with E-state index in [9.17, 15) is 24.3 Å². The van der Waals surface area contributed by atoms with Crippen LogP contribution >= 0.6 is 0 Å². The van der Waals surface area contributed by atoms with Crippen LogP contribution in [0, 0.1) is 0 Å². The standard InChI is InChI=1S/C23H40N8O5/c24-9-3-1-6-17(29-20(32)16-8-5-11-27-16)21(33)30-18(7-2-4-10-25)22(34)31-19(23(35)36)12-15-13-26-14-28-15/h13-14,16-19,27H,1-12,24-25H2,(H,26,28)(H,29,32)(H,30,33)(H,31,34)(H,35,36). The number of amides is 3. The molecule has 0 aliphatic carbocycles.